The molecule has 0 amide bonds. The van der Waals surface area contributed by atoms with Crippen molar-refractivity contribution in [3.05, 3.63) is 29.8 Å². The van der Waals surface area contributed by atoms with Crippen LogP contribution in [-0.4, -0.2) is 47.6 Å². The summed E-state index contributed by atoms with van der Waals surface area (Å²) in [6.45, 7) is 1.64. The zero-order valence-electron chi connectivity index (χ0n) is 11.2. The molecule has 0 aliphatic carbocycles. The second kappa shape index (κ2) is 7.12. The number of thiocarbonyl (C=S) groups is 1. The quantitative estimate of drug-likeness (QED) is 0.814. The van der Waals surface area contributed by atoms with E-state index in [4.69, 9.17) is 22.7 Å². The molecule has 1 aromatic rings. The van der Waals surface area contributed by atoms with Crippen molar-refractivity contribution in [1.29, 1.82) is 0 Å². The molecule has 0 radical (unpaired) electrons. The SMILES string of the molecule is CN(CCOc1cccc(C(N)=S)c1)C1CCSC1. The van der Waals surface area contributed by atoms with Crippen molar-refractivity contribution in [3.8, 4) is 5.75 Å². The molecule has 1 heterocycles. The van der Waals surface area contributed by atoms with Crippen molar-refractivity contribution in [3.63, 3.8) is 0 Å². The fourth-order valence-electron chi connectivity index (χ4n) is 2.10. The third kappa shape index (κ3) is 4.37. The first kappa shape index (κ1) is 14.6. The van der Waals surface area contributed by atoms with Crippen LogP contribution >= 0.6 is 24.0 Å². The molecule has 0 aromatic heterocycles. The van der Waals surface area contributed by atoms with Crippen LogP contribution in [0.2, 0.25) is 0 Å². The summed E-state index contributed by atoms with van der Waals surface area (Å²) in [5.41, 5.74) is 6.46. The van der Waals surface area contributed by atoms with E-state index in [9.17, 15) is 0 Å². The van der Waals surface area contributed by atoms with E-state index in [2.05, 4.69) is 11.9 Å². The first-order valence-electron chi connectivity index (χ1n) is 6.47. The standard InChI is InChI=1S/C14H20N2OS2/c1-16(12-5-8-19-10-12)6-7-17-13-4-2-3-11(9-13)14(15)18/h2-4,9,12H,5-8,10H2,1H3,(H2,15,18). The van der Waals surface area contributed by atoms with E-state index in [1.807, 2.05) is 36.0 Å². The molecule has 1 atom stereocenters. The molecule has 1 aliphatic rings. The molecule has 1 aliphatic heterocycles. The predicted molar refractivity (Wildman–Crippen MR) is 86.2 cm³/mol. The van der Waals surface area contributed by atoms with Gasteiger partial charge in [-0.05, 0) is 31.4 Å². The van der Waals surface area contributed by atoms with E-state index in [1.54, 1.807) is 0 Å². The molecule has 2 rings (SSSR count). The van der Waals surface area contributed by atoms with Gasteiger partial charge in [-0.15, -0.1) is 0 Å². The molecule has 0 spiro atoms. The molecule has 5 heteroatoms. The number of rotatable bonds is 6. The number of hydrogen-bond donors (Lipinski definition) is 1. The number of likely N-dealkylation sites (N-methyl/N-ethyl adjacent to an activating group) is 1. The molecule has 1 saturated heterocycles. The lowest BCUT2D eigenvalue weighted by molar-refractivity contribution is 0.202. The van der Waals surface area contributed by atoms with Gasteiger partial charge in [0, 0.05) is 23.9 Å². The highest BCUT2D eigenvalue weighted by molar-refractivity contribution is 7.99. The first-order valence-corrected chi connectivity index (χ1v) is 8.04. The lowest BCUT2D eigenvalue weighted by Gasteiger charge is -2.23. The summed E-state index contributed by atoms with van der Waals surface area (Å²) in [7, 11) is 2.17. The predicted octanol–water partition coefficient (Wildman–Crippen LogP) is 2.14. The Bertz CT molecular complexity index is 433. The summed E-state index contributed by atoms with van der Waals surface area (Å²) < 4.78 is 5.76. The van der Waals surface area contributed by atoms with Crippen LogP contribution in [0, 0.1) is 0 Å². The molecular weight excluding hydrogens is 276 g/mol. The summed E-state index contributed by atoms with van der Waals surface area (Å²) in [4.78, 5) is 2.79. The molecule has 1 unspecified atom stereocenters. The minimum absolute atomic E-state index is 0.408. The summed E-state index contributed by atoms with van der Waals surface area (Å²) >= 11 is 6.99. The van der Waals surface area contributed by atoms with Crippen LogP contribution in [0.15, 0.2) is 24.3 Å². The highest BCUT2D eigenvalue weighted by Crippen LogP contribution is 2.21. The average molecular weight is 296 g/mol. The van der Waals surface area contributed by atoms with Crippen molar-refractivity contribution >= 4 is 29.0 Å². The van der Waals surface area contributed by atoms with Gasteiger partial charge in [-0.2, -0.15) is 11.8 Å². The molecule has 3 nitrogen and oxygen atoms in total. The third-order valence-electron chi connectivity index (χ3n) is 3.36. The van der Waals surface area contributed by atoms with E-state index >= 15 is 0 Å². The van der Waals surface area contributed by atoms with E-state index in [0.717, 1.165) is 17.9 Å². The van der Waals surface area contributed by atoms with Crippen LogP contribution in [-0.2, 0) is 0 Å². The number of nitrogens with zero attached hydrogens (tertiary/aromatic N) is 1. The van der Waals surface area contributed by atoms with Crippen LogP contribution in [0.1, 0.15) is 12.0 Å². The van der Waals surface area contributed by atoms with Crippen molar-refractivity contribution in [2.24, 2.45) is 5.73 Å². The topological polar surface area (TPSA) is 38.5 Å². The number of nitrogens with two attached hydrogens (primary N) is 1. The number of hydrogen-bond acceptors (Lipinski definition) is 4. The first-order chi connectivity index (χ1) is 9.16. The van der Waals surface area contributed by atoms with Crippen LogP contribution in [0.25, 0.3) is 0 Å². The number of thioether (sulfide) groups is 1. The van der Waals surface area contributed by atoms with Gasteiger partial charge in [0.25, 0.3) is 0 Å². The van der Waals surface area contributed by atoms with E-state index in [1.165, 1.54) is 17.9 Å². The van der Waals surface area contributed by atoms with E-state index in [0.29, 0.717) is 17.6 Å². The Balaban J connectivity index is 1.78. The van der Waals surface area contributed by atoms with Crippen molar-refractivity contribution in [1.82, 2.24) is 4.90 Å². The monoisotopic (exact) mass is 296 g/mol. The Morgan fingerprint density at radius 3 is 3.11 bits per heavy atom. The van der Waals surface area contributed by atoms with Gasteiger partial charge in [0.1, 0.15) is 17.3 Å². The van der Waals surface area contributed by atoms with Gasteiger partial charge in [-0.25, -0.2) is 0 Å². The minimum Gasteiger partial charge on any atom is -0.492 e. The molecule has 0 bridgehead atoms. The van der Waals surface area contributed by atoms with Gasteiger partial charge in [0.05, 0.1) is 0 Å². The Morgan fingerprint density at radius 2 is 2.42 bits per heavy atom. The van der Waals surface area contributed by atoms with Crippen molar-refractivity contribution < 1.29 is 4.74 Å². The van der Waals surface area contributed by atoms with Gasteiger partial charge in [0.15, 0.2) is 0 Å². The highest BCUT2D eigenvalue weighted by Gasteiger charge is 2.19. The largest absolute Gasteiger partial charge is 0.492 e. The fourth-order valence-corrected chi connectivity index (χ4v) is 3.52. The zero-order chi connectivity index (χ0) is 13.7. The normalized spacial score (nSPS) is 18.7. The minimum atomic E-state index is 0.408. The zero-order valence-corrected chi connectivity index (χ0v) is 12.8. The average Bonchev–Trinajstić information content (AvgIpc) is 2.93. The molecule has 1 aromatic carbocycles. The summed E-state index contributed by atoms with van der Waals surface area (Å²) in [5, 5.41) is 0. The molecule has 1 fully saturated rings. The second-order valence-corrected chi connectivity index (χ2v) is 6.33. The summed E-state index contributed by atoms with van der Waals surface area (Å²) in [6, 6.07) is 8.36. The maximum absolute atomic E-state index is 5.76. The fraction of sp³-hybridized carbons (Fsp3) is 0.500. The maximum atomic E-state index is 5.76. The van der Waals surface area contributed by atoms with Gasteiger partial charge in [0.2, 0.25) is 0 Å². The van der Waals surface area contributed by atoms with Gasteiger partial charge in [-0.1, -0.05) is 24.4 Å². The van der Waals surface area contributed by atoms with Crippen LogP contribution in [0.5, 0.6) is 5.75 Å². The van der Waals surface area contributed by atoms with Crippen molar-refractivity contribution in [2.75, 3.05) is 31.7 Å². The lowest BCUT2D eigenvalue weighted by atomic mass is 10.2. The number of ether oxygens (including phenoxy) is 1. The van der Waals surface area contributed by atoms with E-state index < -0.39 is 0 Å². The summed E-state index contributed by atoms with van der Waals surface area (Å²) in [5.74, 6) is 3.36. The smallest absolute Gasteiger partial charge is 0.120 e. The highest BCUT2D eigenvalue weighted by atomic mass is 32.2. The second-order valence-electron chi connectivity index (χ2n) is 4.74. The molecule has 2 N–H and O–H groups in total. The van der Waals surface area contributed by atoms with Gasteiger partial charge >= 0.3 is 0 Å². The Morgan fingerprint density at radius 1 is 1.58 bits per heavy atom. The van der Waals surface area contributed by atoms with Crippen LogP contribution in [0.3, 0.4) is 0 Å². The Kier molecular flexibility index (Phi) is 5.48. The molecule has 104 valence electrons. The van der Waals surface area contributed by atoms with Crippen LogP contribution in [0.4, 0.5) is 0 Å². The van der Waals surface area contributed by atoms with Crippen molar-refractivity contribution in [2.45, 2.75) is 12.5 Å². The maximum Gasteiger partial charge on any atom is 0.120 e. The molecular formula is C14H20N2OS2. The van der Waals surface area contributed by atoms with Crippen LogP contribution < -0.4 is 10.5 Å². The Hall–Kier alpha value is -0.780. The van der Waals surface area contributed by atoms with Gasteiger partial charge < -0.3 is 10.5 Å². The molecule has 0 saturated carbocycles. The lowest BCUT2D eigenvalue weighted by Crippen LogP contribution is -2.34. The van der Waals surface area contributed by atoms with E-state index in [-0.39, 0.29) is 0 Å². The summed E-state index contributed by atoms with van der Waals surface area (Å²) in [6.07, 6.45) is 1.29. The Labute approximate surface area is 124 Å². The third-order valence-corrected chi connectivity index (χ3v) is 4.74. The van der Waals surface area contributed by atoms with Gasteiger partial charge in [-0.3, -0.25) is 4.90 Å². The molecule has 19 heavy (non-hydrogen) atoms. The number of benzene rings is 1.